The van der Waals surface area contributed by atoms with Crippen LogP contribution in [-0.2, 0) is 11.3 Å². The van der Waals surface area contributed by atoms with Gasteiger partial charge in [0.2, 0.25) is 5.91 Å². The third-order valence-corrected chi connectivity index (χ3v) is 4.52. The van der Waals surface area contributed by atoms with Crippen LogP contribution in [-0.4, -0.2) is 31.0 Å². The molecule has 122 valence electrons. The first-order chi connectivity index (χ1) is 10.7. The van der Waals surface area contributed by atoms with Gasteiger partial charge in [-0.15, -0.1) is 11.3 Å². The predicted octanol–water partition coefficient (Wildman–Crippen LogP) is 2.17. The first-order valence-corrected chi connectivity index (χ1v) is 8.91. The zero-order valence-corrected chi connectivity index (χ0v) is 14.3. The Hall–Kier alpha value is -1.56. The van der Waals surface area contributed by atoms with Crippen molar-refractivity contribution in [2.45, 2.75) is 52.1 Å². The van der Waals surface area contributed by atoms with Crippen molar-refractivity contribution in [3.05, 3.63) is 21.9 Å². The van der Waals surface area contributed by atoms with Crippen molar-refractivity contribution in [1.82, 2.24) is 16.0 Å². The number of amides is 1. The monoisotopic (exact) mass is 322 g/mol. The third-order valence-electron chi connectivity index (χ3n) is 3.51. The van der Waals surface area contributed by atoms with Gasteiger partial charge in [0.1, 0.15) is 0 Å². The molecule has 1 heterocycles. The number of aliphatic imine (C=N–C) groups is 1. The third kappa shape index (κ3) is 6.05. The van der Waals surface area contributed by atoms with Gasteiger partial charge < -0.3 is 16.0 Å². The Labute approximate surface area is 136 Å². The van der Waals surface area contributed by atoms with Crippen LogP contribution in [0.3, 0.4) is 0 Å². The molecule has 0 atom stereocenters. The van der Waals surface area contributed by atoms with Gasteiger partial charge in [-0.2, -0.15) is 0 Å². The number of hydrogen-bond donors (Lipinski definition) is 3. The lowest BCUT2D eigenvalue weighted by atomic mass is 10.3. The van der Waals surface area contributed by atoms with E-state index in [2.05, 4.69) is 46.2 Å². The highest BCUT2D eigenvalue weighted by Crippen LogP contribution is 2.18. The zero-order valence-electron chi connectivity index (χ0n) is 13.4. The summed E-state index contributed by atoms with van der Waals surface area (Å²) in [5.41, 5.74) is 1.29. The Morgan fingerprint density at radius 3 is 2.86 bits per heavy atom. The molecule has 0 spiro atoms. The second-order valence-electron chi connectivity index (χ2n) is 5.59. The number of hydrogen-bond acceptors (Lipinski definition) is 3. The number of rotatable bonds is 8. The maximum Gasteiger partial charge on any atom is 0.220 e. The van der Waals surface area contributed by atoms with Crippen LogP contribution < -0.4 is 16.0 Å². The average molecular weight is 322 g/mol. The molecule has 0 bridgehead atoms. The minimum Gasteiger partial charge on any atom is -0.357 e. The second kappa shape index (κ2) is 8.78. The van der Waals surface area contributed by atoms with Crippen LogP contribution in [0.5, 0.6) is 0 Å². The molecule has 5 nitrogen and oxygen atoms in total. The van der Waals surface area contributed by atoms with E-state index in [1.54, 1.807) is 11.3 Å². The van der Waals surface area contributed by atoms with E-state index in [0.29, 0.717) is 19.0 Å². The van der Waals surface area contributed by atoms with Crippen molar-refractivity contribution >= 4 is 23.2 Å². The number of carbonyl (C=O) groups is 1. The van der Waals surface area contributed by atoms with Gasteiger partial charge in [-0.3, -0.25) is 4.79 Å². The lowest BCUT2D eigenvalue weighted by Crippen LogP contribution is -2.38. The van der Waals surface area contributed by atoms with Crippen molar-refractivity contribution in [3.8, 4) is 0 Å². The van der Waals surface area contributed by atoms with Crippen LogP contribution in [0.4, 0.5) is 0 Å². The number of guanidine groups is 1. The van der Waals surface area contributed by atoms with Crippen molar-refractivity contribution in [1.29, 1.82) is 0 Å². The maximum absolute atomic E-state index is 11.6. The predicted molar refractivity (Wildman–Crippen MR) is 92.3 cm³/mol. The Kier molecular flexibility index (Phi) is 6.71. The zero-order chi connectivity index (χ0) is 15.8. The molecular weight excluding hydrogens is 296 g/mol. The molecule has 0 unspecified atom stereocenters. The van der Waals surface area contributed by atoms with Crippen molar-refractivity contribution in [3.63, 3.8) is 0 Å². The van der Waals surface area contributed by atoms with Gasteiger partial charge in [0.05, 0.1) is 6.54 Å². The average Bonchev–Trinajstić information content (AvgIpc) is 3.21. The quantitative estimate of drug-likeness (QED) is 0.390. The lowest BCUT2D eigenvalue weighted by Gasteiger charge is -2.11. The van der Waals surface area contributed by atoms with Crippen LogP contribution in [0.15, 0.2) is 16.4 Å². The molecule has 1 aromatic rings. The van der Waals surface area contributed by atoms with E-state index in [1.807, 2.05) is 0 Å². The van der Waals surface area contributed by atoms with Gasteiger partial charge in [0.15, 0.2) is 5.96 Å². The molecule has 1 aromatic heterocycles. The van der Waals surface area contributed by atoms with Gasteiger partial charge in [-0.05, 0) is 50.1 Å². The topological polar surface area (TPSA) is 65.5 Å². The summed E-state index contributed by atoms with van der Waals surface area (Å²) in [5.74, 6) is 0.985. The summed E-state index contributed by atoms with van der Waals surface area (Å²) >= 11 is 1.74. The fraction of sp³-hybridized carbons (Fsp3) is 0.625. The molecular formula is C16H26N4OS. The SMILES string of the molecule is CCNC(=NCc1sccc1C)NCCCC(=O)NC1CC1. The van der Waals surface area contributed by atoms with E-state index in [9.17, 15) is 4.79 Å². The summed E-state index contributed by atoms with van der Waals surface area (Å²) in [6, 6.07) is 2.57. The van der Waals surface area contributed by atoms with Crippen molar-refractivity contribution < 1.29 is 4.79 Å². The molecule has 0 aromatic carbocycles. The summed E-state index contributed by atoms with van der Waals surface area (Å²) in [6.07, 6.45) is 3.68. The minimum atomic E-state index is 0.167. The number of nitrogens with zero attached hydrogens (tertiary/aromatic N) is 1. The lowest BCUT2D eigenvalue weighted by molar-refractivity contribution is -0.121. The van der Waals surface area contributed by atoms with Crippen LogP contribution in [0.1, 0.15) is 43.0 Å². The van der Waals surface area contributed by atoms with Crippen LogP contribution in [0.25, 0.3) is 0 Å². The molecule has 0 saturated heterocycles. The van der Waals surface area contributed by atoms with Crippen LogP contribution >= 0.6 is 11.3 Å². The van der Waals surface area contributed by atoms with E-state index in [1.165, 1.54) is 10.4 Å². The van der Waals surface area contributed by atoms with Gasteiger partial charge in [0.25, 0.3) is 0 Å². The smallest absolute Gasteiger partial charge is 0.220 e. The van der Waals surface area contributed by atoms with Crippen molar-refractivity contribution in [2.24, 2.45) is 4.99 Å². The summed E-state index contributed by atoms with van der Waals surface area (Å²) < 4.78 is 0. The fourth-order valence-electron chi connectivity index (χ4n) is 2.04. The second-order valence-corrected chi connectivity index (χ2v) is 6.59. The first kappa shape index (κ1) is 16.8. The maximum atomic E-state index is 11.6. The van der Waals surface area contributed by atoms with Gasteiger partial charge in [-0.1, -0.05) is 0 Å². The number of nitrogens with one attached hydrogen (secondary N) is 3. The highest BCUT2D eigenvalue weighted by atomic mass is 32.1. The Morgan fingerprint density at radius 1 is 1.41 bits per heavy atom. The summed E-state index contributed by atoms with van der Waals surface area (Å²) in [6.45, 7) is 6.45. The van der Waals surface area contributed by atoms with Crippen LogP contribution in [0, 0.1) is 6.92 Å². The van der Waals surface area contributed by atoms with Crippen LogP contribution in [0.2, 0.25) is 0 Å². The number of aryl methyl sites for hydroxylation is 1. The highest BCUT2D eigenvalue weighted by Gasteiger charge is 2.22. The molecule has 1 aliphatic carbocycles. The van der Waals surface area contributed by atoms with E-state index in [4.69, 9.17) is 0 Å². The molecule has 22 heavy (non-hydrogen) atoms. The molecule has 0 aliphatic heterocycles. The standard InChI is InChI=1S/C16H26N4OS/c1-3-17-16(19-11-14-12(2)8-10-22-14)18-9-4-5-15(21)20-13-6-7-13/h8,10,13H,3-7,9,11H2,1-2H3,(H,20,21)(H2,17,18,19). The summed E-state index contributed by atoms with van der Waals surface area (Å²) in [4.78, 5) is 17.5. The van der Waals surface area contributed by atoms with E-state index < -0.39 is 0 Å². The molecule has 1 saturated carbocycles. The van der Waals surface area contributed by atoms with Gasteiger partial charge in [0, 0.05) is 30.4 Å². The van der Waals surface area contributed by atoms with E-state index in [0.717, 1.165) is 38.3 Å². The minimum absolute atomic E-state index is 0.167. The molecule has 6 heteroatoms. The molecule has 1 amide bonds. The van der Waals surface area contributed by atoms with Gasteiger partial charge in [-0.25, -0.2) is 4.99 Å². The molecule has 1 fully saturated rings. The highest BCUT2D eigenvalue weighted by molar-refractivity contribution is 7.10. The number of carbonyl (C=O) groups excluding carboxylic acids is 1. The Morgan fingerprint density at radius 2 is 2.23 bits per heavy atom. The summed E-state index contributed by atoms with van der Waals surface area (Å²) in [7, 11) is 0. The fourth-order valence-corrected chi connectivity index (χ4v) is 2.87. The normalized spacial score (nSPS) is 14.7. The Balaban J connectivity index is 1.68. The number of thiophene rings is 1. The largest absolute Gasteiger partial charge is 0.357 e. The van der Waals surface area contributed by atoms with E-state index >= 15 is 0 Å². The van der Waals surface area contributed by atoms with Crippen molar-refractivity contribution in [2.75, 3.05) is 13.1 Å². The van der Waals surface area contributed by atoms with E-state index in [-0.39, 0.29) is 5.91 Å². The summed E-state index contributed by atoms with van der Waals surface area (Å²) in [5, 5.41) is 11.6. The Bertz CT molecular complexity index is 508. The molecule has 1 aliphatic rings. The molecule has 2 rings (SSSR count). The first-order valence-electron chi connectivity index (χ1n) is 8.03. The van der Waals surface area contributed by atoms with Gasteiger partial charge >= 0.3 is 0 Å². The molecule has 3 N–H and O–H groups in total. The molecule has 0 radical (unpaired) electrons.